The lowest BCUT2D eigenvalue weighted by atomic mass is 9.91. The third kappa shape index (κ3) is 3.71. The smallest absolute Gasteiger partial charge is 0.194 e. The highest BCUT2D eigenvalue weighted by molar-refractivity contribution is 5.57. The van der Waals surface area contributed by atoms with E-state index in [0.29, 0.717) is 0 Å². The Balaban J connectivity index is 1.72. The SMILES string of the molecule is CO[C@@H]1[C@@H](n2cc(-c3cc(F)c(F)c(F)c3)nn2)[C@H]2OC(C)(C)OC[C@H]2O[C@@H]1CN. The number of nitrogens with two attached hydrogens (primary N) is 1. The Morgan fingerprint density at radius 2 is 1.97 bits per heavy atom. The van der Waals surface area contributed by atoms with Crippen molar-refractivity contribution in [2.75, 3.05) is 20.3 Å². The van der Waals surface area contributed by atoms with Gasteiger partial charge in [0.2, 0.25) is 0 Å². The highest BCUT2D eigenvalue weighted by atomic mass is 19.2. The molecule has 0 radical (unpaired) electrons. The molecule has 0 unspecified atom stereocenters. The van der Waals surface area contributed by atoms with Crippen LogP contribution in [0.4, 0.5) is 13.2 Å². The van der Waals surface area contributed by atoms with Crippen molar-refractivity contribution in [1.82, 2.24) is 15.0 Å². The molecule has 0 bridgehead atoms. The molecule has 2 N–H and O–H groups in total. The first-order chi connectivity index (χ1) is 14.2. The number of ether oxygens (including phenoxy) is 4. The second-order valence-corrected chi connectivity index (χ2v) is 7.77. The van der Waals surface area contributed by atoms with Crippen LogP contribution < -0.4 is 5.73 Å². The van der Waals surface area contributed by atoms with Gasteiger partial charge in [-0.1, -0.05) is 5.21 Å². The maximum atomic E-state index is 13.7. The standard InChI is InChI=1S/C19H23F3N4O4/c1-19(2)28-8-14-18(30-19)16(17(27-3)13(6-23)29-14)26-7-12(24-25-26)9-4-10(20)15(22)11(21)5-9/h4-5,7,13-14,16-18H,6,8,23H2,1-3H3/t13-,14-,16-,17+,18+/m1/s1. The van der Waals surface area contributed by atoms with Gasteiger partial charge in [0.25, 0.3) is 0 Å². The van der Waals surface area contributed by atoms with Gasteiger partial charge < -0.3 is 24.7 Å². The van der Waals surface area contributed by atoms with Crippen LogP contribution in [-0.4, -0.2) is 65.5 Å². The molecule has 1 aromatic heterocycles. The van der Waals surface area contributed by atoms with Crippen LogP contribution in [-0.2, 0) is 18.9 Å². The van der Waals surface area contributed by atoms with E-state index < -0.39 is 53.7 Å². The summed E-state index contributed by atoms with van der Waals surface area (Å²) >= 11 is 0. The maximum Gasteiger partial charge on any atom is 0.194 e. The van der Waals surface area contributed by atoms with Gasteiger partial charge in [0, 0.05) is 19.2 Å². The van der Waals surface area contributed by atoms with E-state index in [1.807, 2.05) is 0 Å². The summed E-state index contributed by atoms with van der Waals surface area (Å²) in [4.78, 5) is 0. The molecular formula is C19H23F3N4O4. The molecule has 0 spiro atoms. The number of hydrogen-bond acceptors (Lipinski definition) is 7. The van der Waals surface area contributed by atoms with Crippen molar-refractivity contribution in [3.63, 3.8) is 0 Å². The number of hydrogen-bond donors (Lipinski definition) is 1. The Morgan fingerprint density at radius 1 is 1.27 bits per heavy atom. The minimum Gasteiger partial charge on any atom is -0.376 e. The minimum atomic E-state index is -1.54. The summed E-state index contributed by atoms with van der Waals surface area (Å²) in [7, 11) is 1.52. The van der Waals surface area contributed by atoms with E-state index >= 15 is 0 Å². The van der Waals surface area contributed by atoms with Crippen molar-refractivity contribution in [3.8, 4) is 11.3 Å². The molecule has 11 heteroatoms. The number of benzene rings is 1. The normalized spacial score (nSPS) is 30.8. The zero-order valence-corrected chi connectivity index (χ0v) is 16.7. The Bertz CT molecular complexity index is 902. The predicted octanol–water partition coefficient (Wildman–Crippen LogP) is 1.80. The lowest BCUT2D eigenvalue weighted by Crippen LogP contribution is -2.63. The lowest BCUT2D eigenvalue weighted by Gasteiger charge is -2.50. The monoisotopic (exact) mass is 428 g/mol. The van der Waals surface area contributed by atoms with Crippen LogP contribution in [0.2, 0.25) is 0 Å². The molecule has 3 heterocycles. The Morgan fingerprint density at radius 3 is 2.60 bits per heavy atom. The topological polar surface area (TPSA) is 93.7 Å². The maximum absolute atomic E-state index is 13.7. The molecule has 0 aliphatic carbocycles. The average molecular weight is 428 g/mol. The molecule has 2 saturated heterocycles. The van der Waals surface area contributed by atoms with Gasteiger partial charge in [-0.15, -0.1) is 5.10 Å². The number of aromatic nitrogens is 3. The summed E-state index contributed by atoms with van der Waals surface area (Å²) in [5, 5.41) is 8.14. The van der Waals surface area contributed by atoms with Crippen molar-refractivity contribution in [2.45, 2.75) is 50.1 Å². The van der Waals surface area contributed by atoms with Crippen molar-refractivity contribution in [1.29, 1.82) is 0 Å². The molecule has 1 aromatic carbocycles. The van der Waals surface area contributed by atoms with E-state index in [0.717, 1.165) is 12.1 Å². The quantitative estimate of drug-likeness (QED) is 0.743. The van der Waals surface area contributed by atoms with E-state index in [-0.39, 0.29) is 24.4 Å². The first-order valence-corrected chi connectivity index (χ1v) is 9.51. The fourth-order valence-corrected chi connectivity index (χ4v) is 3.97. The molecule has 2 aromatic rings. The second-order valence-electron chi connectivity index (χ2n) is 7.77. The minimum absolute atomic E-state index is 0.0545. The van der Waals surface area contributed by atoms with Gasteiger partial charge in [-0.3, -0.25) is 0 Å². The van der Waals surface area contributed by atoms with Gasteiger partial charge in [0.1, 0.15) is 30.0 Å². The number of methoxy groups -OCH3 is 1. The van der Waals surface area contributed by atoms with Gasteiger partial charge >= 0.3 is 0 Å². The summed E-state index contributed by atoms with van der Waals surface area (Å²) < 4.78 is 65.6. The molecule has 0 saturated carbocycles. The van der Waals surface area contributed by atoms with E-state index in [9.17, 15) is 13.2 Å². The second kappa shape index (κ2) is 7.89. The molecule has 164 valence electrons. The van der Waals surface area contributed by atoms with Crippen LogP contribution in [0.3, 0.4) is 0 Å². The van der Waals surface area contributed by atoms with Crippen LogP contribution in [0.15, 0.2) is 18.3 Å². The van der Waals surface area contributed by atoms with E-state index in [4.69, 9.17) is 24.7 Å². The van der Waals surface area contributed by atoms with Crippen LogP contribution in [0, 0.1) is 17.5 Å². The molecule has 2 aliphatic rings. The number of rotatable bonds is 4. The molecule has 2 aliphatic heterocycles. The fourth-order valence-electron chi connectivity index (χ4n) is 3.97. The van der Waals surface area contributed by atoms with Gasteiger partial charge in [-0.05, 0) is 26.0 Å². The lowest BCUT2D eigenvalue weighted by molar-refractivity contribution is -0.348. The average Bonchev–Trinajstić information content (AvgIpc) is 3.19. The van der Waals surface area contributed by atoms with Crippen LogP contribution in [0.5, 0.6) is 0 Å². The summed E-state index contributed by atoms with van der Waals surface area (Å²) in [5.74, 6) is -5.01. The highest BCUT2D eigenvalue weighted by Crippen LogP contribution is 2.39. The van der Waals surface area contributed by atoms with Gasteiger partial charge in [-0.2, -0.15) is 0 Å². The summed E-state index contributed by atoms with van der Waals surface area (Å²) in [5.41, 5.74) is 6.10. The number of halogens is 3. The molecule has 2 fully saturated rings. The van der Waals surface area contributed by atoms with E-state index in [1.165, 1.54) is 18.0 Å². The number of fused-ring (bicyclic) bond motifs is 1. The fraction of sp³-hybridized carbons (Fsp3) is 0.579. The van der Waals surface area contributed by atoms with Gasteiger partial charge in [-0.25, -0.2) is 17.9 Å². The van der Waals surface area contributed by atoms with Crippen LogP contribution in [0.25, 0.3) is 11.3 Å². The third-order valence-corrected chi connectivity index (χ3v) is 5.37. The molecule has 5 atom stereocenters. The van der Waals surface area contributed by atoms with Crippen LogP contribution >= 0.6 is 0 Å². The first kappa shape index (κ1) is 21.2. The van der Waals surface area contributed by atoms with E-state index in [1.54, 1.807) is 13.8 Å². The molecule has 0 amide bonds. The Kier molecular flexibility index (Phi) is 5.58. The largest absolute Gasteiger partial charge is 0.376 e. The summed E-state index contributed by atoms with van der Waals surface area (Å²) in [6.45, 7) is 4.05. The zero-order chi connectivity index (χ0) is 21.6. The molecular weight excluding hydrogens is 405 g/mol. The van der Waals surface area contributed by atoms with Gasteiger partial charge in [0.05, 0.1) is 18.9 Å². The molecule has 30 heavy (non-hydrogen) atoms. The van der Waals surface area contributed by atoms with Crippen molar-refractivity contribution in [2.24, 2.45) is 5.73 Å². The molecule has 4 rings (SSSR count). The van der Waals surface area contributed by atoms with Crippen molar-refractivity contribution < 1.29 is 32.1 Å². The van der Waals surface area contributed by atoms with Crippen molar-refractivity contribution in [3.05, 3.63) is 35.8 Å². The number of nitrogens with zero attached hydrogens (tertiary/aromatic N) is 3. The highest BCUT2D eigenvalue weighted by Gasteiger charge is 2.52. The van der Waals surface area contributed by atoms with Crippen molar-refractivity contribution >= 4 is 0 Å². The van der Waals surface area contributed by atoms with E-state index in [2.05, 4.69) is 10.3 Å². The summed E-state index contributed by atoms with van der Waals surface area (Å²) in [6.07, 6.45) is -0.400. The Labute approximate surface area is 171 Å². The van der Waals surface area contributed by atoms with Crippen LogP contribution in [0.1, 0.15) is 19.9 Å². The first-order valence-electron chi connectivity index (χ1n) is 9.51. The van der Waals surface area contributed by atoms with Gasteiger partial charge in [0.15, 0.2) is 23.2 Å². The summed E-state index contributed by atoms with van der Waals surface area (Å²) in [6, 6.07) is 1.23. The zero-order valence-electron chi connectivity index (χ0n) is 16.7. The molecule has 8 nitrogen and oxygen atoms in total. The Hall–Kier alpha value is -2.05. The third-order valence-electron chi connectivity index (χ3n) is 5.37. The predicted molar refractivity (Wildman–Crippen MR) is 97.8 cm³/mol.